The lowest BCUT2D eigenvalue weighted by atomic mass is 9.74. The molecule has 1 atom stereocenters. The zero-order valence-electron chi connectivity index (χ0n) is 8.80. The summed E-state index contributed by atoms with van der Waals surface area (Å²) >= 11 is 3.58. The van der Waals surface area contributed by atoms with Crippen LogP contribution in [0.4, 0.5) is 0 Å². The first-order chi connectivity index (χ1) is 7.25. The predicted octanol–water partition coefficient (Wildman–Crippen LogP) is 3.32. The summed E-state index contributed by atoms with van der Waals surface area (Å²) < 4.78 is 1.21. The Bertz CT molecular complexity index is 396. The van der Waals surface area contributed by atoms with Crippen LogP contribution in [0.15, 0.2) is 22.7 Å². The molecule has 0 bridgehead atoms. The monoisotopic (exact) mass is 265 g/mol. The van der Waals surface area contributed by atoms with E-state index in [4.69, 9.17) is 5.73 Å². The van der Waals surface area contributed by atoms with Crippen molar-refractivity contribution in [1.82, 2.24) is 0 Å². The van der Waals surface area contributed by atoms with E-state index in [1.165, 1.54) is 35.7 Å². The van der Waals surface area contributed by atoms with Crippen molar-refractivity contribution in [3.8, 4) is 0 Å². The maximum absolute atomic E-state index is 5.85. The van der Waals surface area contributed by atoms with Crippen LogP contribution in [0.5, 0.6) is 0 Å². The fourth-order valence-corrected chi connectivity index (χ4v) is 3.36. The van der Waals surface area contributed by atoms with Crippen molar-refractivity contribution >= 4 is 15.9 Å². The van der Waals surface area contributed by atoms with Gasteiger partial charge in [-0.15, -0.1) is 0 Å². The van der Waals surface area contributed by atoms with Gasteiger partial charge in [0.05, 0.1) is 0 Å². The van der Waals surface area contributed by atoms with E-state index in [1.807, 2.05) is 0 Å². The zero-order valence-corrected chi connectivity index (χ0v) is 10.4. The Kier molecular flexibility index (Phi) is 2.18. The van der Waals surface area contributed by atoms with Gasteiger partial charge >= 0.3 is 0 Å². The highest BCUT2D eigenvalue weighted by Crippen LogP contribution is 2.57. The van der Waals surface area contributed by atoms with E-state index in [2.05, 4.69) is 34.1 Å². The van der Waals surface area contributed by atoms with Gasteiger partial charge in [-0.25, -0.2) is 0 Å². The third-order valence-electron chi connectivity index (χ3n) is 4.14. The molecule has 2 heteroatoms. The van der Waals surface area contributed by atoms with Crippen molar-refractivity contribution in [3.05, 3.63) is 33.8 Å². The minimum atomic E-state index is 0.546. The summed E-state index contributed by atoms with van der Waals surface area (Å²) in [5.74, 6) is 0.597. The highest BCUT2D eigenvalue weighted by Gasteiger charge is 2.48. The highest BCUT2D eigenvalue weighted by atomic mass is 79.9. The molecule has 3 rings (SSSR count). The zero-order chi connectivity index (χ0) is 10.5. The quantitative estimate of drug-likeness (QED) is 0.829. The Morgan fingerprint density at radius 1 is 1.33 bits per heavy atom. The summed E-state index contributed by atoms with van der Waals surface area (Å²) in [6, 6.07) is 6.75. The van der Waals surface area contributed by atoms with Crippen LogP contribution in [0.1, 0.15) is 42.7 Å². The van der Waals surface area contributed by atoms with Gasteiger partial charge in [-0.05, 0) is 66.8 Å². The molecule has 0 aromatic heterocycles. The molecule has 2 aliphatic carbocycles. The van der Waals surface area contributed by atoms with Crippen molar-refractivity contribution in [1.29, 1.82) is 0 Å². The molecule has 1 spiro atoms. The molecule has 0 heterocycles. The Balaban J connectivity index is 2.12. The van der Waals surface area contributed by atoms with Crippen LogP contribution in [0, 0.1) is 0 Å². The number of halogens is 1. The smallest absolute Gasteiger partial charge is 0.0178 e. The summed E-state index contributed by atoms with van der Waals surface area (Å²) in [6.45, 7) is 0.796. The molecule has 1 unspecified atom stereocenters. The Morgan fingerprint density at radius 3 is 2.80 bits per heavy atom. The van der Waals surface area contributed by atoms with E-state index in [0.29, 0.717) is 11.3 Å². The summed E-state index contributed by atoms with van der Waals surface area (Å²) in [5, 5.41) is 0. The number of benzene rings is 1. The average Bonchev–Trinajstić information content (AvgIpc) is 3.01. The van der Waals surface area contributed by atoms with Crippen LogP contribution < -0.4 is 5.73 Å². The number of fused-ring (bicyclic) bond motifs is 2. The van der Waals surface area contributed by atoms with Crippen LogP contribution >= 0.6 is 15.9 Å². The first-order valence-corrected chi connectivity index (χ1v) is 6.54. The lowest BCUT2D eigenvalue weighted by molar-refractivity contribution is 0.475. The summed E-state index contributed by atoms with van der Waals surface area (Å²) in [6.07, 6.45) is 5.39. The molecule has 2 aliphatic rings. The van der Waals surface area contributed by atoms with Crippen LogP contribution in [0.2, 0.25) is 0 Å². The summed E-state index contributed by atoms with van der Waals surface area (Å²) in [5.41, 5.74) is 9.50. The Labute approximate surface area is 99.2 Å². The third kappa shape index (κ3) is 1.46. The van der Waals surface area contributed by atoms with Crippen LogP contribution in [-0.4, -0.2) is 6.54 Å². The molecule has 0 aliphatic heterocycles. The molecule has 1 nitrogen and oxygen atoms in total. The number of rotatable bonds is 1. The van der Waals surface area contributed by atoms with Gasteiger partial charge in [0, 0.05) is 4.47 Å². The molecule has 0 amide bonds. The number of hydrogen-bond acceptors (Lipinski definition) is 1. The maximum Gasteiger partial charge on any atom is 0.0178 e. The lowest BCUT2D eigenvalue weighted by Crippen LogP contribution is -2.24. The van der Waals surface area contributed by atoms with E-state index in [1.54, 1.807) is 5.56 Å². The van der Waals surface area contributed by atoms with E-state index in [9.17, 15) is 0 Å². The molecule has 80 valence electrons. The first-order valence-electron chi connectivity index (χ1n) is 5.75. The minimum Gasteiger partial charge on any atom is -0.330 e. The molecule has 1 aromatic carbocycles. The van der Waals surface area contributed by atoms with Crippen molar-refractivity contribution in [2.24, 2.45) is 5.73 Å². The van der Waals surface area contributed by atoms with Crippen LogP contribution in [0.25, 0.3) is 0 Å². The molecular formula is C13H16BrN. The molecule has 0 saturated heterocycles. The predicted molar refractivity (Wildman–Crippen MR) is 66.1 cm³/mol. The molecule has 1 saturated carbocycles. The molecule has 1 aromatic rings. The third-order valence-corrected chi connectivity index (χ3v) is 4.63. The standard InChI is InChI=1S/C13H16BrN/c14-10-1-2-11-9(8-15)3-4-13(5-6-13)12(11)7-10/h1-2,7,9H,3-6,8,15H2. The van der Waals surface area contributed by atoms with Gasteiger partial charge in [0.15, 0.2) is 0 Å². The van der Waals surface area contributed by atoms with E-state index in [-0.39, 0.29) is 0 Å². The number of hydrogen-bond donors (Lipinski definition) is 1. The molecule has 15 heavy (non-hydrogen) atoms. The van der Waals surface area contributed by atoms with Gasteiger partial charge < -0.3 is 5.73 Å². The van der Waals surface area contributed by atoms with E-state index >= 15 is 0 Å². The minimum absolute atomic E-state index is 0.546. The largest absolute Gasteiger partial charge is 0.330 e. The summed E-state index contributed by atoms with van der Waals surface area (Å²) in [4.78, 5) is 0. The van der Waals surface area contributed by atoms with Crippen molar-refractivity contribution in [3.63, 3.8) is 0 Å². The van der Waals surface area contributed by atoms with Crippen LogP contribution in [0.3, 0.4) is 0 Å². The van der Waals surface area contributed by atoms with Gasteiger partial charge in [-0.1, -0.05) is 22.0 Å². The number of nitrogens with two attached hydrogens (primary N) is 1. The fourth-order valence-electron chi connectivity index (χ4n) is 3.00. The second kappa shape index (κ2) is 3.33. The average molecular weight is 266 g/mol. The second-order valence-electron chi connectivity index (χ2n) is 4.98. The van der Waals surface area contributed by atoms with Crippen molar-refractivity contribution in [2.75, 3.05) is 6.54 Å². The van der Waals surface area contributed by atoms with Crippen molar-refractivity contribution in [2.45, 2.75) is 37.0 Å². The first kappa shape index (κ1) is 9.86. The molecule has 0 radical (unpaired) electrons. The van der Waals surface area contributed by atoms with Gasteiger partial charge in [0.25, 0.3) is 0 Å². The van der Waals surface area contributed by atoms with E-state index < -0.39 is 0 Å². The molecular weight excluding hydrogens is 250 g/mol. The fraction of sp³-hybridized carbons (Fsp3) is 0.538. The van der Waals surface area contributed by atoms with Gasteiger partial charge in [0.2, 0.25) is 0 Å². The Morgan fingerprint density at radius 2 is 2.13 bits per heavy atom. The topological polar surface area (TPSA) is 26.0 Å². The SMILES string of the molecule is NCC1CCC2(CC2)c2cc(Br)ccc21. The lowest BCUT2D eigenvalue weighted by Gasteiger charge is -2.31. The second-order valence-corrected chi connectivity index (χ2v) is 5.90. The normalized spacial score (nSPS) is 26.4. The van der Waals surface area contributed by atoms with Gasteiger partial charge in [-0.3, -0.25) is 0 Å². The molecule has 1 fully saturated rings. The van der Waals surface area contributed by atoms with Gasteiger partial charge in [-0.2, -0.15) is 0 Å². The van der Waals surface area contributed by atoms with Crippen molar-refractivity contribution < 1.29 is 0 Å². The van der Waals surface area contributed by atoms with Gasteiger partial charge in [0.1, 0.15) is 0 Å². The summed E-state index contributed by atoms with van der Waals surface area (Å²) in [7, 11) is 0. The van der Waals surface area contributed by atoms with Crippen LogP contribution in [-0.2, 0) is 5.41 Å². The highest BCUT2D eigenvalue weighted by molar-refractivity contribution is 9.10. The maximum atomic E-state index is 5.85. The molecule has 2 N–H and O–H groups in total. The van der Waals surface area contributed by atoms with E-state index in [0.717, 1.165) is 6.54 Å². The Hall–Kier alpha value is -0.340.